The van der Waals surface area contributed by atoms with Gasteiger partial charge in [-0.05, 0) is 38.5 Å². The largest absolute Gasteiger partial charge is 0.481 e. The molecule has 0 radical (unpaired) electrons. The summed E-state index contributed by atoms with van der Waals surface area (Å²) in [6.07, 6.45) is 1.47. The Bertz CT molecular complexity index is 738. The lowest BCUT2D eigenvalue weighted by atomic mass is 9.99. The summed E-state index contributed by atoms with van der Waals surface area (Å²) in [5, 5.41) is 16.1. The third-order valence-electron chi connectivity index (χ3n) is 3.82. The van der Waals surface area contributed by atoms with Gasteiger partial charge < -0.3 is 10.4 Å². The molecule has 0 fully saturated rings. The van der Waals surface area contributed by atoms with Gasteiger partial charge in [0, 0.05) is 18.3 Å². The molecule has 24 heavy (non-hydrogen) atoms. The smallest absolute Gasteiger partial charge is 0.312 e. The van der Waals surface area contributed by atoms with Crippen LogP contribution in [0.1, 0.15) is 47.4 Å². The summed E-state index contributed by atoms with van der Waals surface area (Å²) in [5.41, 5.74) is 1.56. The number of benzene rings is 1. The van der Waals surface area contributed by atoms with E-state index in [2.05, 4.69) is 10.4 Å². The van der Waals surface area contributed by atoms with Crippen LogP contribution in [0.15, 0.2) is 30.5 Å². The Kier molecular flexibility index (Phi) is 5.33. The summed E-state index contributed by atoms with van der Waals surface area (Å²) in [4.78, 5) is 23.7. The van der Waals surface area contributed by atoms with E-state index >= 15 is 0 Å². The number of aliphatic carboxylic acids is 1. The second-order valence-electron chi connectivity index (χ2n) is 5.83. The predicted octanol–water partition coefficient (Wildman–Crippen LogP) is 2.51. The van der Waals surface area contributed by atoms with Gasteiger partial charge >= 0.3 is 5.97 Å². The van der Waals surface area contributed by atoms with Gasteiger partial charge in [-0.2, -0.15) is 5.10 Å². The fraction of sp³-hybridized carbons (Fsp3) is 0.353. The molecule has 0 bridgehead atoms. The molecule has 2 aromatic rings. The molecule has 1 heterocycles. The zero-order chi connectivity index (χ0) is 17.9. The van der Waals surface area contributed by atoms with E-state index in [0.29, 0.717) is 11.1 Å². The summed E-state index contributed by atoms with van der Waals surface area (Å²) in [7, 11) is 0. The summed E-state index contributed by atoms with van der Waals surface area (Å²) >= 11 is 0. The van der Waals surface area contributed by atoms with Crippen LogP contribution in [-0.4, -0.2) is 33.3 Å². The van der Waals surface area contributed by atoms with Crippen molar-refractivity contribution >= 4 is 11.9 Å². The molecule has 0 aliphatic carbocycles. The van der Waals surface area contributed by atoms with E-state index in [1.54, 1.807) is 11.6 Å². The SMILES string of the molecule is Cc1c(C(=O)NCC(C(=O)O)c2ccc(F)cc2)cnn1C(C)C. The number of carboxylic acids is 1. The Hall–Kier alpha value is -2.70. The number of hydrogen-bond acceptors (Lipinski definition) is 3. The molecule has 0 spiro atoms. The number of carboxylic acid groups (broad SMARTS) is 1. The van der Waals surface area contributed by atoms with Crippen molar-refractivity contribution in [1.29, 1.82) is 0 Å². The zero-order valence-corrected chi connectivity index (χ0v) is 13.8. The number of carbonyl (C=O) groups excluding carboxylic acids is 1. The molecular weight excluding hydrogens is 313 g/mol. The summed E-state index contributed by atoms with van der Waals surface area (Å²) in [6.45, 7) is 5.61. The van der Waals surface area contributed by atoms with E-state index in [9.17, 15) is 19.1 Å². The normalized spacial score (nSPS) is 12.2. The number of aromatic nitrogens is 2. The number of nitrogens with zero attached hydrogens (tertiary/aromatic N) is 2. The van der Waals surface area contributed by atoms with Crippen molar-refractivity contribution in [2.45, 2.75) is 32.7 Å². The highest BCUT2D eigenvalue weighted by atomic mass is 19.1. The number of carbonyl (C=O) groups is 2. The topological polar surface area (TPSA) is 84.2 Å². The molecule has 1 atom stereocenters. The molecule has 1 amide bonds. The van der Waals surface area contributed by atoms with Crippen LogP contribution in [-0.2, 0) is 4.79 Å². The zero-order valence-electron chi connectivity index (χ0n) is 13.8. The van der Waals surface area contributed by atoms with Gasteiger partial charge in [0.2, 0.25) is 0 Å². The van der Waals surface area contributed by atoms with Crippen molar-refractivity contribution in [3.63, 3.8) is 0 Å². The lowest BCUT2D eigenvalue weighted by Crippen LogP contribution is -2.32. The molecule has 0 aliphatic heterocycles. The standard InChI is InChI=1S/C17H20FN3O3/c1-10(2)21-11(3)14(9-20-21)16(22)19-8-15(17(23)24)12-4-6-13(18)7-5-12/h4-7,9-10,15H,8H2,1-3H3,(H,19,22)(H,23,24). The number of amides is 1. The quantitative estimate of drug-likeness (QED) is 0.851. The number of hydrogen-bond donors (Lipinski definition) is 2. The number of rotatable bonds is 6. The minimum absolute atomic E-state index is 0.0912. The summed E-state index contributed by atoms with van der Waals surface area (Å²) in [5.74, 6) is -2.86. The predicted molar refractivity (Wildman–Crippen MR) is 86.5 cm³/mol. The Morgan fingerprint density at radius 1 is 1.29 bits per heavy atom. The minimum atomic E-state index is -1.09. The second-order valence-corrected chi connectivity index (χ2v) is 5.83. The maximum Gasteiger partial charge on any atom is 0.312 e. The van der Waals surface area contributed by atoms with Crippen molar-refractivity contribution in [1.82, 2.24) is 15.1 Å². The second kappa shape index (κ2) is 7.25. The molecule has 0 saturated heterocycles. The van der Waals surface area contributed by atoms with Crippen molar-refractivity contribution in [2.24, 2.45) is 0 Å². The first-order valence-corrected chi connectivity index (χ1v) is 7.61. The van der Waals surface area contributed by atoms with Crippen LogP contribution >= 0.6 is 0 Å². The van der Waals surface area contributed by atoms with Crippen LogP contribution < -0.4 is 5.32 Å². The molecule has 2 rings (SSSR count). The van der Waals surface area contributed by atoms with Gasteiger partial charge in [0.05, 0.1) is 17.7 Å². The van der Waals surface area contributed by atoms with E-state index < -0.39 is 17.7 Å². The van der Waals surface area contributed by atoms with Crippen LogP contribution in [0.5, 0.6) is 0 Å². The van der Waals surface area contributed by atoms with Gasteiger partial charge in [-0.25, -0.2) is 4.39 Å². The van der Waals surface area contributed by atoms with E-state index in [1.165, 1.54) is 30.5 Å². The maximum absolute atomic E-state index is 13.0. The van der Waals surface area contributed by atoms with Crippen LogP contribution in [0.3, 0.4) is 0 Å². The third kappa shape index (κ3) is 3.79. The van der Waals surface area contributed by atoms with Crippen LogP contribution in [0.25, 0.3) is 0 Å². The first kappa shape index (κ1) is 17.7. The van der Waals surface area contributed by atoms with Crippen molar-refractivity contribution in [3.8, 4) is 0 Å². The van der Waals surface area contributed by atoms with Crippen LogP contribution in [0, 0.1) is 12.7 Å². The maximum atomic E-state index is 13.0. The molecular formula is C17H20FN3O3. The van der Waals surface area contributed by atoms with Crippen molar-refractivity contribution < 1.29 is 19.1 Å². The monoisotopic (exact) mass is 333 g/mol. The molecule has 0 aliphatic rings. The minimum Gasteiger partial charge on any atom is -0.481 e. The van der Waals surface area contributed by atoms with Crippen LogP contribution in [0.2, 0.25) is 0 Å². The Morgan fingerprint density at radius 3 is 2.42 bits per heavy atom. The Labute approximate surface area is 139 Å². The van der Waals surface area contributed by atoms with Gasteiger partial charge in [0.1, 0.15) is 5.82 Å². The molecule has 6 nitrogen and oxygen atoms in total. The van der Waals surface area contributed by atoms with E-state index in [-0.39, 0.29) is 18.5 Å². The Morgan fingerprint density at radius 2 is 1.92 bits per heavy atom. The molecule has 1 aromatic heterocycles. The molecule has 128 valence electrons. The van der Waals surface area contributed by atoms with E-state index in [0.717, 1.165) is 5.69 Å². The lowest BCUT2D eigenvalue weighted by molar-refractivity contribution is -0.138. The molecule has 1 aromatic carbocycles. The lowest BCUT2D eigenvalue weighted by Gasteiger charge is -2.14. The number of halogens is 1. The highest BCUT2D eigenvalue weighted by Gasteiger charge is 2.22. The average molecular weight is 333 g/mol. The Balaban J connectivity index is 2.11. The van der Waals surface area contributed by atoms with Crippen molar-refractivity contribution in [2.75, 3.05) is 6.54 Å². The fourth-order valence-electron chi connectivity index (χ4n) is 2.50. The first-order chi connectivity index (χ1) is 11.3. The van der Waals surface area contributed by atoms with Crippen molar-refractivity contribution in [3.05, 3.63) is 53.1 Å². The molecule has 0 saturated carbocycles. The van der Waals surface area contributed by atoms with Gasteiger partial charge in [-0.3, -0.25) is 14.3 Å². The van der Waals surface area contributed by atoms with Crippen LogP contribution in [0.4, 0.5) is 4.39 Å². The highest BCUT2D eigenvalue weighted by molar-refractivity contribution is 5.95. The van der Waals surface area contributed by atoms with Gasteiger partial charge in [0.15, 0.2) is 0 Å². The fourth-order valence-corrected chi connectivity index (χ4v) is 2.50. The van der Waals surface area contributed by atoms with Gasteiger partial charge in [-0.15, -0.1) is 0 Å². The van der Waals surface area contributed by atoms with E-state index in [4.69, 9.17) is 0 Å². The molecule has 2 N–H and O–H groups in total. The third-order valence-corrected chi connectivity index (χ3v) is 3.82. The van der Waals surface area contributed by atoms with Gasteiger partial charge in [-0.1, -0.05) is 12.1 Å². The molecule has 7 heteroatoms. The highest BCUT2D eigenvalue weighted by Crippen LogP contribution is 2.17. The molecule has 1 unspecified atom stereocenters. The number of nitrogens with one attached hydrogen (secondary N) is 1. The first-order valence-electron chi connectivity index (χ1n) is 7.61. The van der Waals surface area contributed by atoms with E-state index in [1.807, 2.05) is 13.8 Å². The van der Waals surface area contributed by atoms with Gasteiger partial charge in [0.25, 0.3) is 5.91 Å². The average Bonchev–Trinajstić information content (AvgIpc) is 2.90. The summed E-state index contributed by atoms with van der Waals surface area (Å²) < 4.78 is 14.7. The summed E-state index contributed by atoms with van der Waals surface area (Å²) in [6, 6.07) is 5.33.